The highest BCUT2D eigenvalue weighted by Gasteiger charge is 2.16. The van der Waals surface area contributed by atoms with Crippen molar-refractivity contribution >= 4 is 0 Å². The van der Waals surface area contributed by atoms with E-state index in [4.69, 9.17) is 0 Å². The molecule has 21 heavy (non-hydrogen) atoms. The van der Waals surface area contributed by atoms with Crippen LogP contribution in [0.1, 0.15) is 16.8 Å². The first-order valence-electron chi connectivity index (χ1n) is 6.54. The molecular formula is C16H13N5. The molecule has 102 valence electrons. The van der Waals surface area contributed by atoms with E-state index in [2.05, 4.69) is 28.3 Å². The summed E-state index contributed by atoms with van der Waals surface area (Å²) >= 11 is 0. The van der Waals surface area contributed by atoms with Crippen molar-refractivity contribution in [2.75, 3.05) is 0 Å². The van der Waals surface area contributed by atoms with Crippen molar-refractivity contribution < 1.29 is 0 Å². The van der Waals surface area contributed by atoms with Gasteiger partial charge < -0.3 is 0 Å². The first-order chi connectivity index (χ1) is 10.2. The molecule has 2 aromatic heterocycles. The van der Waals surface area contributed by atoms with Crippen LogP contribution in [-0.4, -0.2) is 20.0 Å². The van der Waals surface area contributed by atoms with Gasteiger partial charge in [-0.1, -0.05) is 11.3 Å². The van der Waals surface area contributed by atoms with E-state index in [1.54, 1.807) is 17.1 Å². The molecule has 0 aliphatic carbocycles. The Balaban J connectivity index is 2.23. The lowest BCUT2D eigenvalue weighted by Gasteiger charge is -2.08. The lowest BCUT2D eigenvalue weighted by atomic mass is 10.1. The van der Waals surface area contributed by atoms with Gasteiger partial charge in [0, 0.05) is 18.0 Å². The summed E-state index contributed by atoms with van der Waals surface area (Å²) in [6.07, 6.45) is 3.38. The number of aryl methyl sites for hydroxylation is 2. The van der Waals surface area contributed by atoms with Gasteiger partial charge in [-0.3, -0.25) is 4.98 Å². The maximum absolute atomic E-state index is 9.26. The van der Waals surface area contributed by atoms with Crippen molar-refractivity contribution in [3.63, 3.8) is 0 Å². The third-order valence-corrected chi connectivity index (χ3v) is 3.46. The van der Waals surface area contributed by atoms with Gasteiger partial charge in [-0.15, -0.1) is 5.10 Å². The summed E-state index contributed by atoms with van der Waals surface area (Å²) in [6.45, 7) is 4.11. The number of aromatic nitrogens is 4. The van der Waals surface area contributed by atoms with Crippen LogP contribution >= 0.6 is 0 Å². The number of pyridine rings is 1. The van der Waals surface area contributed by atoms with Crippen LogP contribution in [0.2, 0.25) is 0 Å². The summed E-state index contributed by atoms with van der Waals surface area (Å²) in [5.41, 5.74) is 5.12. The van der Waals surface area contributed by atoms with Gasteiger partial charge in [-0.25, -0.2) is 4.68 Å². The van der Waals surface area contributed by atoms with Gasteiger partial charge >= 0.3 is 0 Å². The Bertz CT molecular complexity index is 828. The summed E-state index contributed by atoms with van der Waals surface area (Å²) in [4.78, 5) is 4.01. The summed E-state index contributed by atoms with van der Waals surface area (Å²) < 4.78 is 1.69. The van der Waals surface area contributed by atoms with Crippen LogP contribution in [0, 0.1) is 25.2 Å². The lowest BCUT2D eigenvalue weighted by molar-refractivity contribution is 0.805. The van der Waals surface area contributed by atoms with Crippen molar-refractivity contribution in [1.82, 2.24) is 20.0 Å². The van der Waals surface area contributed by atoms with Crippen LogP contribution in [0.15, 0.2) is 42.7 Å². The molecule has 0 bridgehead atoms. The molecule has 0 amide bonds. The molecule has 0 spiro atoms. The summed E-state index contributed by atoms with van der Waals surface area (Å²) in [5.74, 6) is 0. The molecule has 0 aliphatic rings. The molecule has 0 aliphatic heterocycles. The van der Waals surface area contributed by atoms with Crippen molar-refractivity contribution in [2.45, 2.75) is 13.8 Å². The average Bonchev–Trinajstić information content (AvgIpc) is 2.95. The minimum Gasteiger partial charge on any atom is -0.265 e. The fraction of sp³-hybridized carbons (Fsp3) is 0.125. The van der Waals surface area contributed by atoms with Crippen molar-refractivity contribution in [1.29, 1.82) is 5.26 Å². The minimum absolute atomic E-state index is 0.305. The molecule has 0 saturated carbocycles. The Hall–Kier alpha value is -3.00. The van der Waals surface area contributed by atoms with Crippen LogP contribution < -0.4 is 0 Å². The van der Waals surface area contributed by atoms with Gasteiger partial charge in [-0.2, -0.15) is 5.26 Å². The van der Waals surface area contributed by atoms with E-state index in [0.29, 0.717) is 11.4 Å². The highest BCUT2D eigenvalue weighted by Crippen LogP contribution is 2.25. The molecular weight excluding hydrogens is 262 g/mol. The van der Waals surface area contributed by atoms with Crippen LogP contribution in [0.25, 0.3) is 16.9 Å². The third-order valence-electron chi connectivity index (χ3n) is 3.46. The van der Waals surface area contributed by atoms with Crippen LogP contribution in [0.3, 0.4) is 0 Å². The quantitative estimate of drug-likeness (QED) is 0.721. The van der Waals surface area contributed by atoms with E-state index < -0.39 is 0 Å². The topological polar surface area (TPSA) is 67.4 Å². The fourth-order valence-corrected chi connectivity index (χ4v) is 2.16. The molecule has 5 heteroatoms. The zero-order valence-corrected chi connectivity index (χ0v) is 11.8. The van der Waals surface area contributed by atoms with Gasteiger partial charge in [0.25, 0.3) is 0 Å². The van der Waals surface area contributed by atoms with E-state index in [9.17, 15) is 5.26 Å². The average molecular weight is 275 g/mol. The third kappa shape index (κ3) is 2.28. The number of nitrogens with zero attached hydrogens (tertiary/aromatic N) is 5. The van der Waals surface area contributed by atoms with Gasteiger partial charge in [0.1, 0.15) is 11.8 Å². The number of benzene rings is 1. The largest absolute Gasteiger partial charge is 0.265 e. The Kier molecular flexibility index (Phi) is 3.20. The standard InChI is InChI=1S/C16H13N5/c1-11-3-4-14(9-12(11)2)21-16(15(10-17)19-20-21)13-5-7-18-8-6-13/h3-9H,1-2H3. The number of rotatable bonds is 2. The number of hydrogen-bond donors (Lipinski definition) is 0. The smallest absolute Gasteiger partial charge is 0.191 e. The zero-order chi connectivity index (χ0) is 14.8. The Morgan fingerprint density at radius 2 is 1.81 bits per heavy atom. The molecule has 0 N–H and O–H groups in total. The first kappa shape index (κ1) is 13.0. The van der Waals surface area contributed by atoms with Gasteiger partial charge in [0.05, 0.1) is 5.69 Å². The number of nitriles is 1. The molecule has 0 saturated heterocycles. The van der Waals surface area contributed by atoms with E-state index >= 15 is 0 Å². The summed E-state index contributed by atoms with van der Waals surface area (Å²) in [6, 6.07) is 11.8. The van der Waals surface area contributed by atoms with Crippen molar-refractivity contribution in [3.05, 3.63) is 59.5 Å². The number of hydrogen-bond acceptors (Lipinski definition) is 4. The highest BCUT2D eigenvalue weighted by atomic mass is 15.4. The molecule has 3 aromatic rings. The van der Waals surface area contributed by atoms with Crippen LogP contribution in [0.5, 0.6) is 0 Å². The second-order valence-electron chi connectivity index (χ2n) is 4.81. The van der Waals surface area contributed by atoms with Crippen molar-refractivity contribution in [3.8, 4) is 23.0 Å². The molecule has 0 fully saturated rings. The molecule has 2 heterocycles. The molecule has 1 aromatic carbocycles. The molecule has 0 unspecified atom stereocenters. The summed E-state index contributed by atoms with van der Waals surface area (Å²) in [7, 11) is 0. The molecule has 0 atom stereocenters. The van der Waals surface area contributed by atoms with E-state index in [1.807, 2.05) is 37.3 Å². The predicted octanol–water partition coefficient (Wildman–Crippen LogP) is 2.82. The summed E-state index contributed by atoms with van der Waals surface area (Å²) in [5, 5.41) is 17.4. The van der Waals surface area contributed by atoms with Crippen LogP contribution in [0.4, 0.5) is 0 Å². The maximum Gasteiger partial charge on any atom is 0.191 e. The molecule has 5 nitrogen and oxygen atoms in total. The Morgan fingerprint density at radius 3 is 2.48 bits per heavy atom. The zero-order valence-electron chi connectivity index (χ0n) is 11.8. The fourth-order valence-electron chi connectivity index (χ4n) is 2.16. The monoisotopic (exact) mass is 275 g/mol. The van der Waals surface area contributed by atoms with E-state index in [-0.39, 0.29) is 0 Å². The van der Waals surface area contributed by atoms with Crippen molar-refractivity contribution in [2.24, 2.45) is 0 Å². The predicted molar refractivity (Wildman–Crippen MR) is 78.8 cm³/mol. The SMILES string of the molecule is Cc1ccc(-n2nnc(C#N)c2-c2ccncc2)cc1C. The second kappa shape index (κ2) is 5.17. The lowest BCUT2D eigenvalue weighted by Crippen LogP contribution is -2.00. The maximum atomic E-state index is 9.26. The van der Waals surface area contributed by atoms with E-state index in [1.165, 1.54) is 11.1 Å². The highest BCUT2D eigenvalue weighted by molar-refractivity contribution is 5.66. The first-order valence-corrected chi connectivity index (χ1v) is 6.54. The minimum atomic E-state index is 0.305. The van der Waals surface area contributed by atoms with E-state index in [0.717, 1.165) is 11.3 Å². The van der Waals surface area contributed by atoms with Crippen LogP contribution in [-0.2, 0) is 0 Å². The van der Waals surface area contributed by atoms with Gasteiger partial charge in [-0.05, 0) is 49.2 Å². The van der Waals surface area contributed by atoms with Gasteiger partial charge in [0.2, 0.25) is 0 Å². The normalized spacial score (nSPS) is 10.3. The second-order valence-corrected chi connectivity index (χ2v) is 4.81. The molecule has 0 radical (unpaired) electrons. The Morgan fingerprint density at radius 1 is 1.05 bits per heavy atom. The molecule has 3 rings (SSSR count). The van der Waals surface area contributed by atoms with Gasteiger partial charge in [0.15, 0.2) is 5.69 Å². The Labute approximate surface area is 122 Å².